The highest BCUT2D eigenvalue weighted by Gasteiger charge is 2.25. The lowest BCUT2D eigenvalue weighted by Crippen LogP contribution is -2.39. The van der Waals surface area contributed by atoms with Crippen LogP contribution in [0.15, 0.2) is 123 Å². The largest absolute Gasteiger partial charge is 0.405 e. The SMILES string of the molecule is C=C(C)C(N)CC1CCN(C(=C)C(CCCN)CNC(=C)C(CN)Cc2ccccc2)CC1.C=CN.C=CN.CC(C)C.Cc1ccccc1. The molecule has 282 valence electrons. The number of hydrogen-bond donors (Lipinski definition) is 6. The van der Waals surface area contributed by atoms with Crippen LogP contribution in [0.5, 0.6) is 0 Å². The van der Waals surface area contributed by atoms with Crippen LogP contribution in [-0.4, -0.2) is 43.7 Å². The van der Waals surface area contributed by atoms with Gasteiger partial charge in [-0.1, -0.05) is 125 Å². The molecule has 3 rings (SSSR count). The van der Waals surface area contributed by atoms with E-state index in [9.17, 15) is 0 Å². The molecule has 0 saturated carbocycles. The number of nitrogens with one attached hydrogen (secondary N) is 1. The summed E-state index contributed by atoms with van der Waals surface area (Å²) >= 11 is 0. The third kappa shape index (κ3) is 25.2. The van der Waals surface area contributed by atoms with Crippen molar-refractivity contribution >= 4 is 0 Å². The standard InChI is InChI=1S/C28H47N5.C7H8.C4H10.2C2H5N/c1-21(2)28(31)18-25-12-15-33(16-13-25)23(4)26(11-8-14-29)20-32-22(3)27(19-30)17-24-9-6-5-7-10-24;1-7-5-3-2-4-6-7;1-4(2)3;2*1-2-3/h5-7,9-10,25-28,32H,1,3-4,8,11-20,29-31H2,2H3;2-6H,1H3;4H,1-3H3;2*2H,1,3H2. The van der Waals surface area contributed by atoms with Crippen LogP contribution in [0.2, 0.25) is 0 Å². The molecule has 1 heterocycles. The molecule has 0 amide bonds. The molecule has 0 bridgehead atoms. The van der Waals surface area contributed by atoms with E-state index in [2.05, 4.69) is 119 Å². The van der Waals surface area contributed by atoms with Crippen molar-refractivity contribution in [3.8, 4) is 0 Å². The average molecular weight is 690 g/mol. The summed E-state index contributed by atoms with van der Waals surface area (Å²) in [6, 6.07) is 20.9. The zero-order chi connectivity index (χ0) is 38.3. The van der Waals surface area contributed by atoms with Gasteiger partial charge in [0.1, 0.15) is 0 Å². The summed E-state index contributed by atoms with van der Waals surface area (Å²) in [6.07, 6.45) is 8.78. The molecule has 0 aliphatic carbocycles. The maximum atomic E-state index is 6.23. The Hall–Kier alpha value is -3.78. The molecule has 3 atom stereocenters. The van der Waals surface area contributed by atoms with Crippen LogP contribution >= 0.6 is 0 Å². The molecule has 7 heteroatoms. The van der Waals surface area contributed by atoms with Crippen LogP contribution < -0.4 is 34.0 Å². The number of nitrogens with zero attached hydrogens (tertiary/aromatic N) is 1. The fourth-order valence-corrected chi connectivity index (χ4v) is 5.21. The van der Waals surface area contributed by atoms with Gasteiger partial charge in [-0.15, -0.1) is 0 Å². The molecule has 0 radical (unpaired) electrons. The first-order valence-corrected chi connectivity index (χ1v) is 18.2. The minimum atomic E-state index is 0.114. The van der Waals surface area contributed by atoms with Gasteiger partial charge in [-0.3, -0.25) is 0 Å². The Labute approximate surface area is 307 Å². The Bertz CT molecular complexity index is 1130. The maximum absolute atomic E-state index is 6.23. The normalized spacial score (nSPS) is 13.8. The molecule has 1 fully saturated rings. The monoisotopic (exact) mass is 690 g/mol. The molecule has 2 aromatic rings. The lowest BCUT2D eigenvalue weighted by atomic mass is 9.87. The summed E-state index contributed by atoms with van der Waals surface area (Å²) in [5.41, 5.74) is 33.3. The average Bonchev–Trinajstić information content (AvgIpc) is 3.08. The molecular formula is C43H75N7. The molecule has 1 saturated heterocycles. The minimum Gasteiger partial charge on any atom is -0.405 e. The molecule has 50 heavy (non-hydrogen) atoms. The van der Waals surface area contributed by atoms with Crippen molar-refractivity contribution in [1.29, 1.82) is 0 Å². The fraction of sp³-hybridized carbons (Fsp3) is 0.488. The summed E-state index contributed by atoms with van der Waals surface area (Å²) in [6.45, 7) is 33.9. The number of aryl methyl sites for hydroxylation is 1. The van der Waals surface area contributed by atoms with Crippen LogP contribution in [0.4, 0.5) is 0 Å². The highest BCUT2D eigenvalue weighted by atomic mass is 15.1. The zero-order valence-corrected chi connectivity index (χ0v) is 32.5. The van der Waals surface area contributed by atoms with Crippen molar-refractivity contribution < 1.29 is 0 Å². The van der Waals surface area contributed by atoms with Crippen molar-refractivity contribution in [2.24, 2.45) is 52.3 Å². The first kappa shape index (κ1) is 48.3. The van der Waals surface area contributed by atoms with Crippen molar-refractivity contribution in [1.82, 2.24) is 10.2 Å². The second kappa shape index (κ2) is 31.2. The summed E-state index contributed by atoms with van der Waals surface area (Å²) in [5.74, 6) is 2.06. The molecule has 11 N–H and O–H groups in total. The quantitative estimate of drug-likeness (QED) is 0.106. The van der Waals surface area contributed by atoms with E-state index in [0.717, 1.165) is 75.3 Å². The van der Waals surface area contributed by atoms with E-state index in [4.69, 9.17) is 17.2 Å². The van der Waals surface area contributed by atoms with Crippen molar-refractivity contribution in [3.05, 3.63) is 134 Å². The Morgan fingerprint density at radius 3 is 1.76 bits per heavy atom. The number of nitrogens with two attached hydrogens (primary N) is 5. The molecule has 1 aliphatic heterocycles. The van der Waals surface area contributed by atoms with Gasteiger partial charge in [-0.25, -0.2) is 0 Å². The van der Waals surface area contributed by atoms with E-state index in [-0.39, 0.29) is 12.0 Å². The summed E-state index contributed by atoms with van der Waals surface area (Å²) in [5, 5.41) is 3.60. The second-order valence-electron chi connectivity index (χ2n) is 13.6. The number of hydrogen-bond acceptors (Lipinski definition) is 7. The van der Waals surface area contributed by atoms with Gasteiger partial charge in [0.2, 0.25) is 0 Å². The van der Waals surface area contributed by atoms with Crippen molar-refractivity contribution in [2.75, 3.05) is 32.7 Å². The zero-order valence-electron chi connectivity index (χ0n) is 32.5. The smallest absolute Gasteiger partial charge is 0.0250 e. The predicted octanol–water partition coefficient (Wildman–Crippen LogP) is 7.62. The van der Waals surface area contributed by atoms with Crippen LogP contribution in [0.25, 0.3) is 0 Å². The molecule has 1 aliphatic rings. The van der Waals surface area contributed by atoms with Gasteiger partial charge in [0.05, 0.1) is 0 Å². The summed E-state index contributed by atoms with van der Waals surface area (Å²) < 4.78 is 0. The highest BCUT2D eigenvalue weighted by Crippen LogP contribution is 2.28. The molecule has 2 aromatic carbocycles. The van der Waals surface area contributed by atoms with Gasteiger partial charge in [0.25, 0.3) is 0 Å². The van der Waals surface area contributed by atoms with E-state index in [1.54, 1.807) is 0 Å². The van der Waals surface area contributed by atoms with Gasteiger partial charge >= 0.3 is 0 Å². The first-order valence-electron chi connectivity index (χ1n) is 18.2. The molecule has 0 spiro atoms. The number of likely N-dealkylation sites (tertiary alicyclic amines) is 1. The molecule has 0 aromatic heterocycles. The van der Waals surface area contributed by atoms with Gasteiger partial charge in [-0.05, 0) is 88.7 Å². The lowest BCUT2D eigenvalue weighted by molar-refractivity contribution is 0.195. The Morgan fingerprint density at radius 2 is 1.36 bits per heavy atom. The van der Waals surface area contributed by atoms with Gasteiger partial charge in [-0.2, -0.15) is 0 Å². The third-order valence-electron chi connectivity index (χ3n) is 8.09. The molecule has 3 unspecified atom stereocenters. The molecular weight excluding hydrogens is 615 g/mol. The first-order chi connectivity index (χ1) is 23.8. The third-order valence-corrected chi connectivity index (χ3v) is 8.09. The van der Waals surface area contributed by atoms with Gasteiger partial charge < -0.3 is 38.9 Å². The minimum absolute atomic E-state index is 0.114. The van der Waals surface area contributed by atoms with Gasteiger partial charge in [0, 0.05) is 55.5 Å². The summed E-state index contributed by atoms with van der Waals surface area (Å²) in [4.78, 5) is 2.47. The van der Waals surface area contributed by atoms with Crippen LogP contribution in [0, 0.1) is 30.6 Å². The predicted molar refractivity (Wildman–Crippen MR) is 223 cm³/mol. The Kier molecular flexibility index (Phi) is 30.2. The highest BCUT2D eigenvalue weighted by molar-refractivity contribution is 5.18. The number of rotatable bonds is 15. The van der Waals surface area contributed by atoms with Crippen LogP contribution in [0.1, 0.15) is 70.9 Å². The number of benzene rings is 2. The van der Waals surface area contributed by atoms with Crippen molar-refractivity contribution in [3.63, 3.8) is 0 Å². The van der Waals surface area contributed by atoms with E-state index >= 15 is 0 Å². The van der Waals surface area contributed by atoms with E-state index in [1.807, 2.05) is 31.2 Å². The van der Waals surface area contributed by atoms with Crippen LogP contribution in [0.3, 0.4) is 0 Å². The maximum Gasteiger partial charge on any atom is 0.0250 e. The Morgan fingerprint density at radius 1 is 0.880 bits per heavy atom. The Balaban J connectivity index is 0. The number of piperidine rings is 1. The summed E-state index contributed by atoms with van der Waals surface area (Å²) in [7, 11) is 0. The van der Waals surface area contributed by atoms with E-state index in [1.165, 1.54) is 29.2 Å². The van der Waals surface area contributed by atoms with E-state index in [0.29, 0.717) is 24.9 Å². The second-order valence-corrected chi connectivity index (χ2v) is 13.6. The molecule has 7 nitrogen and oxygen atoms in total. The lowest BCUT2D eigenvalue weighted by Gasteiger charge is -2.38. The van der Waals surface area contributed by atoms with Gasteiger partial charge in [0.15, 0.2) is 0 Å². The van der Waals surface area contributed by atoms with Crippen molar-refractivity contribution in [2.45, 2.75) is 79.2 Å². The van der Waals surface area contributed by atoms with E-state index < -0.39 is 0 Å². The van der Waals surface area contributed by atoms with Crippen LogP contribution in [-0.2, 0) is 6.42 Å². The fourth-order valence-electron chi connectivity index (χ4n) is 5.21. The topological polar surface area (TPSA) is 145 Å².